The van der Waals surface area contributed by atoms with Gasteiger partial charge in [-0.05, 0) is 0 Å². The van der Waals surface area contributed by atoms with Crippen LogP contribution in [0.1, 0.15) is 6.42 Å². The van der Waals surface area contributed by atoms with Crippen molar-refractivity contribution in [2.75, 3.05) is 0 Å². The molecule has 0 aliphatic carbocycles. The first-order valence-corrected chi connectivity index (χ1v) is 7.77. The summed E-state index contributed by atoms with van der Waals surface area (Å²) in [6.07, 6.45) is -1.16. The van der Waals surface area contributed by atoms with Gasteiger partial charge in [-0.25, -0.2) is 13.1 Å². The van der Waals surface area contributed by atoms with E-state index in [1.165, 1.54) is 0 Å². The van der Waals surface area contributed by atoms with E-state index in [-0.39, 0.29) is 59.1 Å². The van der Waals surface area contributed by atoms with Gasteiger partial charge in [-0.2, -0.15) is 8.42 Å². The number of rotatable bonds is 4. The van der Waals surface area contributed by atoms with Crippen molar-refractivity contribution in [3.8, 4) is 0 Å². The molecule has 3 N–H and O–H groups in total. The van der Waals surface area contributed by atoms with Gasteiger partial charge in [0.05, 0.1) is 6.42 Å². The summed E-state index contributed by atoms with van der Waals surface area (Å²) in [6, 6.07) is 0. The molecule has 1 atom stereocenters. The molecular weight excluding hydrogens is 306 g/mol. The maximum Gasteiger partial charge on any atom is 1.00 e. The van der Waals surface area contributed by atoms with Crippen LogP contribution >= 0.6 is 0 Å². The maximum atomic E-state index is 10.2. The van der Waals surface area contributed by atoms with Gasteiger partial charge in [0.1, 0.15) is 0 Å². The van der Waals surface area contributed by atoms with Crippen LogP contribution in [-0.2, 0) is 19.7 Å². The molecular formula is C6H12Na2O8SSi. The van der Waals surface area contributed by atoms with Crippen LogP contribution in [0, 0.1) is 0 Å². The minimum absolute atomic E-state index is 0. The summed E-state index contributed by atoms with van der Waals surface area (Å²) in [5, 5.41) is 13.9. The quantitative estimate of drug-likeness (QED) is 0.341. The van der Waals surface area contributed by atoms with E-state index in [9.17, 15) is 22.8 Å². The molecule has 1 unspecified atom stereocenters. The number of aliphatic carboxylic acids is 2. The molecule has 0 amide bonds. The van der Waals surface area contributed by atoms with Crippen molar-refractivity contribution in [2.24, 2.45) is 0 Å². The van der Waals surface area contributed by atoms with Crippen molar-refractivity contribution < 1.29 is 96.7 Å². The second kappa shape index (κ2) is 13.0. The number of carboxylic acid groups (broad SMARTS) is 2. The Kier molecular flexibility index (Phi) is 19.8. The predicted octanol–water partition coefficient (Wildman–Crippen LogP) is -7.59. The van der Waals surface area contributed by atoms with Crippen molar-refractivity contribution in [3.63, 3.8) is 0 Å². The average molecular weight is 318 g/mol. The van der Waals surface area contributed by atoms with Gasteiger partial charge in [-0.3, -0.25) is 14.1 Å². The van der Waals surface area contributed by atoms with Gasteiger partial charge in [-0.15, -0.1) is 0 Å². The molecule has 18 heavy (non-hydrogen) atoms. The fourth-order valence-corrected chi connectivity index (χ4v) is 1.09. The van der Waals surface area contributed by atoms with Crippen molar-refractivity contribution >= 4 is 31.1 Å². The largest absolute Gasteiger partial charge is 1.01 e. The fraction of sp³-hybridized carbons (Fsp3) is 0.667. The minimum atomic E-state index is -4.84. The summed E-state index contributed by atoms with van der Waals surface area (Å²) < 4.78 is 28.7. The predicted molar refractivity (Wildman–Crippen MR) is 52.7 cm³/mol. The standard InChI is InChI=1S/C4H6O7S.C2H6OSi.2Na/c5-3(6)1-2(4(7)8)12(9,10)11;1-4(2)3;;/h2H,1H2,(H,5,6)(H,7,8)(H,9,10,11);1-2H3;;/q;-2;2*+1. The van der Waals surface area contributed by atoms with Gasteiger partial charge < -0.3 is 24.0 Å². The number of carboxylic acids is 2. The summed E-state index contributed by atoms with van der Waals surface area (Å²) in [5.74, 6) is -3.50. The molecule has 0 fully saturated rings. The molecule has 0 heterocycles. The van der Waals surface area contributed by atoms with E-state index in [2.05, 4.69) is 0 Å². The first-order valence-electron chi connectivity index (χ1n) is 3.86. The van der Waals surface area contributed by atoms with Gasteiger partial charge in [0.25, 0.3) is 10.1 Å². The van der Waals surface area contributed by atoms with E-state index in [0.29, 0.717) is 0 Å². The SMILES string of the molecule is C[Si-](C)[O-].O=C(O)CC(C(=O)O)S(=O)(=O)O.[Na+].[Na+]. The molecule has 0 radical (unpaired) electrons. The molecule has 0 saturated heterocycles. The molecule has 0 aliphatic heterocycles. The number of hydrogen-bond acceptors (Lipinski definition) is 5. The van der Waals surface area contributed by atoms with E-state index in [1.54, 1.807) is 13.1 Å². The fourth-order valence-electron chi connectivity index (χ4n) is 0.479. The third kappa shape index (κ3) is 19.4. The van der Waals surface area contributed by atoms with Gasteiger partial charge in [0.2, 0.25) is 0 Å². The van der Waals surface area contributed by atoms with Crippen LogP contribution in [-0.4, -0.2) is 49.4 Å². The van der Waals surface area contributed by atoms with E-state index in [4.69, 9.17) is 14.8 Å². The van der Waals surface area contributed by atoms with Crippen LogP contribution in [0.5, 0.6) is 0 Å². The first kappa shape index (κ1) is 27.4. The Labute approximate surface area is 151 Å². The molecule has 0 spiro atoms. The van der Waals surface area contributed by atoms with E-state index < -0.39 is 42.8 Å². The molecule has 0 aromatic heterocycles. The van der Waals surface area contributed by atoms with Gasteiger partial charge in [-0.1, -0.05) is 0 Å². The van der Waals surface area contributed by atoms with E-state index in [1.807, 2.05) is 0 Å². The molecule has 0 aromatic rings. The first-order chi connectivity index (χ1) is 6.98. The van der Waals surface area contributed by atoms with Crippen molar-refractivity contribution in [2.45, 2.75) is 24.8 Å². The molecule has 0 bridgehead atoms. The smallest absolute Gasteiger partial charge is 1.00 e. The second-order valence-corrected chi connectivity index (χ2v) is 6.26. The van der Waals surface area contributed by atoms with Crippen molar-refractivity contribution in [1.29, 1.82) is 0 Å². The zero-order valence-electron chi connectivity index (χ0n) is 10.6. The van der Waals surface area contributed by atoms with Crippen molar-refractivity contribution in [3.05, 3.63) is 0 Å². The summed E-state index contributed by atoms with van der Waals surface area (Å²) in [4.78, 5) is 29.6. The Morgan fingerprint density at radius 2 is 1.50 bits per heavy atom. The molecule has 0 aromatic carbocycles. The molecule has 12 heteroatoms. The zero-order valence-corrected chi connectivity index (χ0v) is 16.4. The Morgan fingerprint density at radius 1 is 1.22 bits per heavy atom. The average Bonchev–Trinajstić information content (AvgIpc) is 1.95. The van der Waals surface area contributed by atoms with E-state index >= 15 is 0 Å². The summed E-state index contributed by atoms with van der Waals surface area (Å²) in [7, 11) is -5.97. The van der Waals surface area contributed by atoms with Crippen LogP contribution in [0.25, 0.3) is 0 Å². The Hall–Kier alpha value is 1.03. The summed E-state index contributed by atoms with van der Waals surface area (Å²) >= 11 is 0. The number of carbonyl (C=O) groups is 2. The summed E-state index contributed by atoms with van der Waals surface area (Å²) in [6.45, 7) is 3.43. The monoisotopic (exact) mass is 318 g/mol. The third-order valence-corrected chi connectivity index (χ3v) is 2.08. The van der Waals surface area contributed by atoms with Gasteiger partial charge in [0.15, 0.2) is 5.25 Å². The van der Waals surface area contributed by atoms with Crippen LogP contribution < -0.4 is 63.9 Å². The molecule has 8 nitrogen and oxygen atoms in total. The Bertz CT molecular complexity index is 341. The van der Waals surface area contributed by atoms with Crippen LogP contribution in [0.2, 0.25) is 13.1 Å². The molecule has 96 valence electrons. The zero-order chi connectivity index (χ0) is 13.5. The number of hydrogen-bond donors (Lipinski definition) is 3. The molecule has 0 aliphatic rings. The van der Waals surface area contributed by atoms with Crippen LogP contribution in [0.4, 0.5) is 0 Å². The minimum Gasteiger partial charge on any atom is -1.01 e. The topological polar surface area (TPSA) is 152 Å². The molecule has 0 rings (SSSR count). The van der Waals surface area contributed by atoms with Crippen LogP contribution in [0.15, 0.2) is 0 Å². The van der Waals surface area contributed by atoms with Gasteiger partial charge >= 0.3 is 71.1 Å². The maximum absolute atomic E-state index is 10.2. The molecule has 0 saturated carbocycles. The Balaban J connectivity index is -0.000000143. The summed E-state index contributed by atoms with van der Waals surface area (Å²) in [5.41, 5.74) is 0. The van der Waals surface area contributed by atoms with E-state index in [0.717, 1.165) is 0 Å². The van der Waals surface area contributed by atoms with Gasteiger partial charge in [0, 0.05) is 0 Å². The van der Waals surface area contributed by atoms with Crippen molar-refractivity contribution in [1.82, 2.24) is 0 Å². The van der Waals surface area contributed by atoms with Crippen LogP contribution in [0.3, 0.4) is 0 Å². The normalized spacial score (nSPS) is 11.2. The Morgan fingerprint density at radius 3 is 1.56 bits per heavy atom. The third-order valence-electron chi connectivity index (χ3n) is 0.995. The second-order valence-electron chi connectivity index (χ2n) is 2.85.